The summed E-state index contributed by atoms with van der Waals surface area (Å²) in [4.78, 5) is 7.98. The van der Waals surface area contributed by atoms with Crippen LogP contribution in [0.3, 0.4) is 0 Å². The number of hydrogen-bond acceptors (Lipinski definition) is 5. The van der Waals surface area contributed by atoms with Gasteiger partial charge in [0.15, 0.2) is 0 Å². The third kappa shape index (κ3) is 2.69. The molecule has 2 aromatic rings. The van der Waals surface area contributed by atoms with Crippen LogP contribution in [-0.4, -0.2) is 9.97 Å². The molecule has 0 atom stereocenters. The van der Waals surface area contributed by atoms with E-state index in [0.717, 1.165) is 12.1 Å². The van der Waals surface area contributed by atoms with Crippen molar-refractivity contribution in [3.63, 3.8) is 0 Å². The lowest BCUT2D eigenvalue weighted by atomic mass is 10.3. The van der Waals surface area contributed by atoms with E-state index in [1.807, 2.05) is 0 Å². The summed E-state index contributed by atoms with van der Waals surface area (Å²) in [5.41, 5.74) is 3.08. The lowest BCUT2D eigenvalue weighted by Crippen LogP contribution is -2.12. The third-order valence-electron chi connectivity index (χ3n) is 2.18. The molecule has 7 heteroatoms. The number of aromatic nitrogens is 2. The second-order valence-electron chi connectivity index (χ2n) is 3.61. The first kappa shape index (κ1) is 12.2. The number of hydrazine groups is 1. The Kier molecular flexibility index (Phi) is 3.33. The number of nitrogens with two attached hydrogens (primary N) is 1. The quantitative estimate of drug-likeness (QED) is 0.575. The second-order valence-corrected chi connectivity index (χ2v) is 3.61. The molecule has 0 aliphatic heterocycles. The van der Waals surface area contributed by atoms with Crippen molar-refractivity contribution < 1.29 is 8.78 Å². The van der Waals surface area contributed by atoms with Crippen LogP contribution in [0, 0.1) is 18.6 Å². The Labute approximate surface area is 102 Å². The van der Waals surface area contributed by atoms with E-state index in [9.17, 15) is 8.78 Å². The molecule has 2 rings (SSSR count). The molecule has 0 amide bonds. The van der Waals surface area contributed by atoms with Gasteiger partial charge < -0.3 is 5.32 Å². The number of rotatable bonds is 3. The maximum absolute atomic E-state index is 13.4. The summed E-state index contributed by atoms with van der Waals surface area (Å²) in [7, 11) is 0. The van der Waals surface area contributed by atoms with E-state index in [-0.39, 0.29) is 11.6 Å². The summed E-state index contributed by atoms with van der Waals surface area (Å²) in [5.74, 6) is 4.44. The average molecular weight is 251 g/mol. The maximum atomic E-state index is 13.4. The molecule has 0 radical (unpaired) electrons. The van der Waals surface area contributed by atoms with Crippen molar-refractivity contribution >= 4 is 17.5 Å². The molecule has 0 fully saturated rings. The van der Waals surface area contributed by atoms with Gasteiger partial charge >= 0.3 is 0 Å². The van der Waals surface area contributed by atoms with Crippen LogP contribution in [0.2, 0.25) is 0 Å². The fraction of sp³-hybridized carbons (Fsp3) is 0.0909. The third-order valence-corrected chi connectivity index (χ3v) is 2.18. The number of anilines is 3. The van der Waals surface area contributed by atoms with Crippen molar-refractivity contribution in [2.45, 2.75) is 6.92 Å². The normalized spacial score (nSPS) is 10.2. The van der Waals surface area contributed by atoms with Crippen LogP contribution in [0.5, 0.6) is 0 Å². The van der Waals surface area contributed by atoms with Gasteiger partial charge in [-0.15, -0.1) is 0 Å². The van der Waals surface area contributed by atoms with Crippen LogP contribution < -0.4 is 16.6 Å². The highest BCUT2D eigenvalue weighted by Crippen LogP contribution is 2.20. The zero-order valence-electron chi connectivity index (χ0n) is 9.54. The lowest BCUT2D eigenvalue weighted by Gasteiger charge is -2.08. The van der Waals surface area contributed by atoms with Gasteiger partial charge in [-0.05, 0) is 19.1 Å². The van der Waals surface area contributed by atoms with E-state index in [0.29, 0.717) is 11.5 Å². The SMILES string of the molecule is Cc1cc(Nc2ccc(F)cc2F)nc(NN)n1. The summed E-state index contributed by atoms with van der Waals surface area (Å²) in [6.07, 6.45) is 0. The van der Waals surface area contributed by atoms with Crippen LogP contribution in [0.4, 0.5) is 26.2 Å². The highest BCUT2D eigenvalue weighted by Gasteiger charge is 2.06. The Bertz CT molecular complexity index is 573. The van der Waals surface area contributed by atoms with E-state index in [1.165, 1.54) is 6.07 Å². The minimum Gasteiger partial charge on any atom is -0.338 e. The van der Waals surface area contributed by atoms with Gasteiger partial charge in [0.1, 0.15) is 17.5 Å². The summed E-state index contributed by atoms with van der Waals surface area (Å²) in [6, 6.07) is 4.85. The van der Waals surface area contributed by atoms with Crippen molar-refractivity contribution in [3.8, 4) is 0 Å². The van der Waals surface area contributed by atoms with Gasteiger partial charge in [-0.3, -0.25) is 5.43 Å². The van der Waals surface area contributed by atoms with Gasteiger partial charge in [0, 0.05) is 17.8 Å². The Morgan fingerprint density at radius 1 is 1.17 bits per heavy atom. The standard InChI is InChI=1S/C11H11F2N5/c1-6-4-10(17-11(15-6)18-14)16-9-3-2-7(12)5-8(9)13/h2-5H,14H2,1H3,(H2,15,16,17,18). The van der Waals surface area contributed by atoms with Crippen molar-refractivity contribution in [1.82, 2.24) is 9.97 Å². The van der Waals surface area contributed by atoms with Crippen molar-refractivity contribution in [3.05, 3.63) is 41.6 Å². The zero-order chi connectivity index (χ0) is 13.1. The molecule has 1 aromatic heterocycles. The molecular formula is C11H11F2N5. The number of hydrogen-bond donors (Lipinski definition) is 3. The average Bonchev–Trinajstić information content (AvgIpc) is 2.32. The highest BCUT2D eigenvalue weighted by atomic mass is 19.1. The molecule has 5 nitrogen and oxygen atoms in total. The number of nitrogens with one attached hydrogen (secondary N) is 2. The van der Waals surface area contributed by atoms with Gasteiger partial charge in [-0.1, -0.05) is 0 Å². The first-order valence-corrected chi connectivity index (χ1v) is 5.13. The minimum absolute atomic E-state index is 0.123. The monoisotopic (exact) mass is 251 g/mol. The number of benzene rings is 1. The van der Waals surface area contributed by atoms with Gasteiger partial charge in [-0.25, -0.2) is 19.6 Å². The Hall–Kier alpha value is -2.28. The topological polar surface area (TPSA) is 75.9 Å². The minimum atomic E-state index is -0.700. The largest absolute Gasteiger partial charge is 0.338 e. The fourth-order valence-corrected chi connectivity index (χ4v) is 1.43. The van der Waals surface area contributed by atoms with E-state index in [4.69, 9.17) is 5.84 Å². The molecule has 0 unspecified atom stereocenters. The first-order valence-electron chi connectivity index (χ1n) is 5.13. The number of aryl methyl sites for hydroxylation is 1. The van der Waals surface area contributed by atoms with Gasteiger partial charge in [0.25, 0.3) is 0 Å². The van der Waals surface area contributed by atoms with Crippen LogP contribution in [0.25, 0.3) is 0 Å². The van der Waals surface area contributed by atoms with Crippen LogP contribution in [-0.2, 0) is 0 Å². The second kappa shape index (κ2) is 4.92. The van der Waals surface area contributed by atoms with Crippen molar-refractivity contribution in [2.75, 3.05) is 10.7 Å². The molecule has 0 saturated heterocycles. The number of nitrogen functional groups attached to an aromatic ring is 1. The van der Waals surface area contributed by atoms with E-state index >= 15 is 0 Å². The maximum Gasteiger partial charge on any atom is 0.239 e. The Morgan fingerprint density at radius 3 is 2.61 bits per heavy atom. The lowest BCUT2D eigenvalue weighted by molar-refractivity contribution is 0.586. The van der Waals surface area contributed by atoms with Crippen LogP contribution in [0.15, 0.2) is 24.3 Å². The number of nitrogens with zero attached hydrogens (tertiary/aromatic N) is 2. The molecular weight excluding hydrogens is 240 g/mol. The van der Waals surface area contributed by atoms with Gasteiger partial charge in [-0.2, -0.15) is 4.98 Å². The summed E-state index contributed by atoms with van der Waals surface area (Å²) < 4.78 is 26.2. The predicted molar refractivity (Wildman–Crippen MR) is 64.2 cm³/mol. The zero-order valence-corrected chi connectivity index (χ0v) is 9.54. The molecule has 0 saturated carbocycles. The molecule has 1 heterocycles. The molecule has 0 aliphatic carbocycles. The smallest absolute Gasteiger partial charge is 0.239 e. The molecule has 0 aliphatic rings. The van der Waals surface area contributed by atoms with E-state index < -0.39 is 11.6 Å². The van der Waals surface area contributed by atoms with E-state index in [1.54, 1.807) is 13.0 Å². The molecule has 0 spiro atoms. The van der Waals surface area contributed by atoms with E-state index in [2.05, 4.69) is 20.7 Å². The molecule has 4 N–H and O–H groups in total. The Balaban J connectivity index is 2.30. The Morgan fingerprint density at radius 2 is 1.94 bits per heavy atom. The van der Waals surface area contributed by atoms with Gasteiger partial charge in [0.2, 0.25) is 5.95 Å². The summed E-state index contributed by atoms with van der Waals surface area (Å²) in [6.45, 7) is 1.74. The predicted octanol–water partition coefficient (Wildman–Crippen LogP) is 2.09. The molecule has 94 valence electrons. The summed E-state index contributed by atoms with van der Waals surface area (Å²) >= 11 is 0. The van der Waals surface area contributed by atoms with Crippen molar-refractivity contribution in [1.29, 1.82) is 0 Å². The first-order chi connectivity index (χ1) is 8.58. The fourth-order valence-electron chi connectivity index (χ4n) is 1.43. The van der Waals surface area contributed by atoms with Crippen LogP contribution in [0.1, 0.15) is 5.69 Å². The van der Waals surface area contributed by atoms with Gasteiger partial charge in [0.05, 0.1) is 5.69 Å². The summed E-state index contributed by atoms with van der Waals surface area (Å²) in [5, 5.41) is 2.73. The molecule has 0 bridgehead atoms. The molecule has 1 aromatic carbocycles. The number of halogens is 2. The van der Waals surface area contributed by atoms with Crippen LogP contribution >= 0.6 is 0 Å². The van der Waals surface area contributed by atoms with Crippen molar-refractivity contribution in [2.24, 2.45) is 5.84 Å². The molecule has 18 heavy (non-hydrogen) atoms. The highest BCUT2D eigenvalue weighted by molar-refractivity contribution is 5.58.